The minimum Gasteiger partial charge on any atom is -0.491 e. The number of ether oxygens (including phenoxy) is 6. The van der Waals surface area contributed by atoms with Gasteiger partial charge >= 0.3 is 0 Å². The number of aliphatic hydroxyl groups is 1. The Bertz CT molecular complexity index is 2840. The van der Waals surface area contributed by atoms with E-state index in [2.05, 4.69) is 53.4 Å². The monoisotopic (exact) mass is 1180 g/mol. The Hall–Kier alpha value is -6.20. The maximum absolute atomic E-state index is 14.4. The van der Waals surface area contributed by atoms with Gasteiger partial charge in [0, 0.05) is 80.8 Å². The number of aromatic nitrogens is 3. The molecule has 1 saturated carbocycles. The lowest BCUT2D eigenvalue weighted by molar-refractivity contribution is -0.143. The van der Waals surface area contributed by atoms with Crippen LogP contribution in [-0.4, -0.2) is 163 Å². The number of aliphatic hydroxyl groups excluding tert-OH is 1. The van der Waals surface area contributed by atoms with E-state index in [1.54, 1.807) is 22.4 Å². The van der Waals surface area contributed by atoms with Crippen LogP contribution >= 0.6 is 27.3 Å². The molecule has 2 aliphatic heterocycles. The molecule has 0 radical (unpaired) electrons. The van der Waals surface area contributed by atoms with Crippen molar-refractivity contribution < 1.29 is 47.9 Å². The van der Waals surface area contributed by atoms with Crippen molar-refractivity contribution in [3.8, 4) is 21.9 Å². The lowest BCUT2D eigenvalue weighted by atomic mass is 9.84. The third-order valence-corrected chi connectivity index (χ3v) is 15.9. The molecular weight excluding hydrogens is 1110 g/mol. The summed E-state index contributed by atoms with van der Waals surface area (Å²) in [6, 6.07) is 20.0. The van der Waals surface area contributed by atoms with Gasteiger partial charge in [-0.05, 0) is 89.5 Å². The van der Waals surface area contributed by atoms with Crippen molar-refractivity contribution in [1.82, 2.24) is 35.0 Å². The van der Waals surface area contributed by atoms with E-state index in [4.69, 9.17) is 28.4 Å². The van der Waals surface area contributed by atoms with Crippen LogP contribution in [0.2, 0.25) is 0 Å². The summed E-state index contributed by atoms with van der Waals surface area (Å²) in [7, 11) is 1.88. The van der Waals surface area contributed by atoms with Crippen LogP contribution in [0.5, 0.6) is 11.5 Å². The van der Waals surface area contributed by atoms with E-state index in [-0.39, 0.29) is 55.7 Å². The number of hydrogen-bond donors (Lipinski definition) is 4. The zero-order chi connectivity index (χ0) is 56.4. The predicted molar refractivity (Wildman–Crippen MR) is 312 cm³/mol. The average Bonchev–Trinajstić information content (AvgIpc) is 4.16. The van der Waals surface area contributed by atoms with Crippen molar-refractivity contribution >= 4 is 68.1 Å². The number of benzene rings is 3. The standard InChI is InChI=1S/C59H76BrN9O10S/c1-39(2)53(68-36-45-10-6-7-13-49(45)41(68)4)58(73)69-37-47(70)33-51(69)56(71)62-34-44-15-14-43(54-40(3)64-38-80-54)32-52(44)79-31-29-77-27-25-75-23-22-74-24-26-76-28-30-78-48-18-16-46(17-19-48)65-59-63-35-50(60)55(66-59)61-20-9-21-67(5)57(72)42-11-8-12-42/h6-7,10,13-19,32,35,38-39,42,47,51,53,70H,4,8-9,11-12,20-31,33-34,36-37H2,1-3,5H3,(H,62,71)(H2,61,63,65,66)/t47-,51+,53+/m1/s1. The van der Waals surface area contributed by atoms with Crippen molar-refractivity contribution in [1.29, 1.82) is 0 Å². The van der Waals surface area contributed by atoms with Gasteiger partial charge in [0.1, 0.15) is 42.6 Å². The molecular formula is C59H76BrN9O10S. The number of carbonyl (C=O) groups is 3. The molecule has 2 fully saturated rings. The second kappa shape index (κ2) is 30.0. The molecule has 1 aliphatic carbocycles. The highest BCUT2D eigenvalue weighted by Crippen LogP contribution is 2.37. The molecule has 19 nitrogen and oxygen atoms in total. The minimum atomic E-state index is -0.833. The summed E-state index contributed by atoms with van der Waals surface area (Å²) < 4.78 is 35.7. The van der Waals surface area contributed by atoms with Crippen molar-refractivity contribution in [2.24, 2.45) is 11.8 Å². The van der Waals surface area contributed by atoms with Gasteiger partial charge in [0.25, 0.3) is 0 Å². The third-order valence-electron chi connectivity index (χ3n) is 14.4. The van der Waals surface area contributed by atoms with Crippen LogP contribution in [0.1, 0.15) is 68.3 Å². The highest BCUT2D eigenvalue weighted by atomic mass is 79.9. The van der Waals surface area contributed by atoms with E-state index in [0.717, 1.165) is 74.4 Å². The van der Waals surface area contributed by atoms with E-state index in [0.29, 0.717) is 102 Å². The molecule has 0 unspecified atom stereocenters. The Morgan fingerprint density at radius 2 is 1.59 bits per heavy atom. The molecule has 3 aliphatic rings. The number of thiazole rings is 1. The number of halogens is 1. The zero-order valence-corrected chi connectivity index (χ0v) is 48.7. The van der Waals surface area contributed by atoms with Crippen molar-refractivity contribution in [3.05, 3.63) is 112 Å². The van der Waals surface area contributed by atoms with Gasteiger partial charge in [-0.1, -0.05) is 63.2 Å². The van der Waals surface area contributed by atoms with Crippen LogP contribution in [0.4, 0.5) is 17.5 Å². The van der Waals surface area contributed by atoms with Gasteiger partial charge in [-0.3, -0.25) is 14.4 Å². The number of nitrogens with zero attached hydrogens (tertiary/aromatic N) is 6. The number of likely N-dealkylation sites (tertiary alicyclic amines) is 1. The topological polar surface area (TPSA) is 211 Å². The lowest BCUT2D eigenvalue weighted by Gasteiger charge is -2.36. The number of amides is 3. The largest absolute Gasteiger partial charge is 0.491 e. The molecule has 4 N–H and O–H groups in total. The van der Waals surface area contributed by atoms with Crippen LogP contribution < -0.4 is 25.4 Å². The summed E-state index contributed by atoms with van der Waals surface area (Å²) in [6.45, 7) is 16.2. The van der Waals surface area contributed by atoms with E-state index < -0.39 is 18.2 Å². The molecule has 3 amide bonds. The number of rotatable bonds is 32. The van der Waals surface area contributed by atoms with E-state index in [9.17, 15) is 19.5 Å². The van der Waals surface area contributed by atoms with Gasteiger partial charge in [0.05, 0.1) is 79.5 Å². The SMILES string of the molecule is C=C1c2ccccc2CN1[C@H](C(=O)N1C[C@H](O)C[C@H]1C(=O)NCc1ccc(-c2scnc2C)cc1OCCOCCOCCOCCOCCOc1ccc(Nc2ncc(Br)c(NCCCN(C)C(=O)C3CCC3)n2)cc1)C(C)C. The fraction of sp³-hybridized carbons (Fsp3) is 0.492. The van der Waals surface area contributed by atoms with Gasteiger partial charge in [0.15, 0.2) is 0 Å². The van der Waals surface area contributed by atoms with Gasteiger partial charge in [-0.15, -0.1) is 11.3 Å². The van der Waals surface area contributed by atoms with Gasteiger partial charge < -0.3 is 64.2 Å². The number of carbonyl (C=O) groups excluding carboxylic acids is 3. The molecule has 3 aromatic carbocycles. The summed E-state index contributed by atoms with van der Waals surface area (Å²) in [4.78, 5) is 60.6. The first kappa shape index (κ1) is 59.9. The maximum Gasteiger partial charge on any atom is 0.246 e. The van der Waals surface area contributed by atoms with Crippen molar-refractivity contribution in [2.45, 2.75) is 84.2 Å². The second-order valence-electron chi connectivity index (χ2n) is 20.5. The number of nitrogens with one attached hydrogen (secondary N) is 3. The molecule has 5 aromatic rings. The van der Waals surface area contributed by atoms with Crippen LogP contribution in [0.25, 0.3) is 16.1 Å². The Balaban J connectivity index is 0.675. The van der Waals surface area contributed by atoms with Gasteiger partial charge in [0.2, 0.25) is 23.7 Å². The highest BCUT2D eigenvalue weighted by molar-refractivity contribution is 9.10. The summed E-state index contributed by atoms with van der Waals surface area (Å²) in [6.07, 6.45) is 5.01. The number of β-amino-alcohol motifs (C(OH)–C–C–N with tert-alkyl or cyclic N) is 1. The summed E-state index contributed by atoms with van der Waals surface area (Å²) in [5.41, 5.74) is 8.15. The number of hydrogen-bond acceptors (Lipinski definition) is 17. The van der Waals surface area contributed by atoms with Gasteiger partial charge in [-0.2, -0.15) is 4.98 Å². The smallest absolute Gasteiger partial charge is 0.246 e. The number of aryl methyl sites for hydroxylation is 1. The van der Waals surface area contributed by atoms with Crippen LogP contribution in [0.3, 0.4) is 0 Å². The molecule has 0 spiro atoms. The van der Waals surface area contributed by atoms with E-state index in [1.807, 2.05) is 110 Å². The summed E-state index contributed by atoms with van der Waals surface area (Å²) in [5.74, 6) is 2.29. The lowest BCUT2D eigenvalue weighted by Crippen LogP contribution is -2.54. The van der Waals surface area contributed by atoms with Crippen LogP contribution in [-0.2, 0) is 46.4 Å². The van der Waals surface area contributed by atoms with Crippen molar-refractivity contribution in [2.75, 3.05) is 103 Å². The van der Waals surface area contributed by atoms with Crippen LogP contribution in [0, 0.1) is 18.8 Å². The Kier molecular flexibility index (Phi) is 22.5. The highest BCUT2D eigenvalue weighted by Gasteiger charge is 2.44. The first-order chi connectivity index (χ1) is 38.8. The first-order valence-corrected chi connectivity index (χ1v) is 29.3. The predicted octanol–water partition coefficient (Wildman–Crippen LogP) is 8.09. The number of anilines is 3. The molecule has 21 heteroatoms. The fourth-order valence-electron chi connectivity index (χ4n) is 9.85. The molecule has 430 valence electrons. The van der Waals surface area contributed by atoms with Crippen LogP contribution in [0.15, 0.2) is 89.5 Å². The zero-order valence-electron chi connectivity index (χ0n) is 46.3. The third kappa shape index (κ3) is 16.5. The van der Waals surface area contributed by atoms with Crippen molar-refractivity contribution in [3.63, 3.8) is 0 Å². The molecule has 3 atom stereocenters. The minimum absolute atomic E-state index is 0.0726. The maximum atomic E-state index is 14.4. The molecule has 0 bridgehead atoms. The normalized spacial score (nSPS) is 16.4. The Morgan fingerprint density at radius 1 is 0.900 bits per heavy atom. The molecule has 8 rings (SSSR count). The quantitative estimate of drug-likeness (QED) is 0.0300. The van der Waals surface area contributed by atoms with E-state index in [1.165, 1.54) is 0 Å². The molecule has 4 heterocycles. The van der Waals surface area contributed by atoms with Gasteiger partial charge in [-0.25, -0.2) is 9.97 Å². The molecule has 1 saturated heterocycles. The second-order valence-corrected chi connectivity index (χ2v) is 22.2. The van der Waals surface area contributed by atoms with E-state index >= 15 is 0 Å². The summed E-state index contributed by atoms with van der Waals surface area (Å²) in [5, 5.41) is 20.4. The molecule has 80 heavy (non-hydrogen) atoms. The Morgan fingerprint density at radius 3 is 2.24 bits per heavy atom. The molecule has 2 aromatic heterocycles. The first-order valence-electron chi connectivity index (χ1n) is 27.6. The average molecular weight is 1180 g/mol. The Labute approximate surface area is 481 Å². The number of fused-ring (bicyclic) bond motifs is 1. The summed E-state index contributed by atoms with van der Waals surface area (Å²) >= 11 is 5.07. The fourth-order valence-corrected chi connectivity index (χ4v) is 11.0.